The first kappa shape index (κ1) is 31.9. The maximum atomic E-state index is 14.2. The van der Waals surface area contributed by atoms with E-state index in [0.717, 1.165) is 43.8 Å². The van der Waals surface area contributed by atoms with E-state index in [9.17, 15) is 22.4 Å². The highest BCUT2D eigenvalue weighted by Crippen LogP contribution is 2.42. The molecule has 2 heterocycles. The van der Waals surface area contributed by atoms with Crippen molar-refractivity contribution < 1.29 is 31.9 Å². The number of hydrogen-bond acceptors (Lipinski definition) is 7. The van der Waals surface area contributed by atoms with Crippen LogP contribution in [-0.2, 0) is 19.6 Å². The van der Waals surface area contributed by atoms with Crippen LogP contribution in [0.2, 0.25) is 0 Å². The third-order valence-electron chi connectivity index (χ3n) is 8.23. The normalized spacial score (nSPS) is 20.3. The highest BCUT2D eigenvalue weighted by Gasteiger charge is 2.44. The first-order chi connectivity index (χ1) is 20.1. The maximum Gasteiger partial charge on any atom is 0.241 e. The summed E-state index contributed by atoms with van der Waals surface area (Å²) in [5, 5.41) is 0. The summed E-state index contributed by atoms with van der Waals surface area (Å²) in [6.45, 7) is 6.59. The van der Waals surface area contributed by atoms with Crippen LogP contribution in [0.4, 0.5) is 10.1 Å². The number of carbonyl (C=O) groups is 2. The van der Waals surface area contributed by atoms with Crippen molar-refractivity contribution >= 4 is 27.9 Å². The van der Waals surface area contributed by atoms with Gasteiger partial charge in [-0.25, -0.2) is 17.5 Å². The molecule has 0 aromatic heterocycles. The molecule has 1 saturated heterocycles. The second kappa shape index (κ2) is 14.0. The number of nitrogens with one attached hydrogen (secondary N) is 1. The van der Waals surface area contributed by atoms with Crippen molar-refractivity contribution in [1.29, 1.82) is 0 Å². The summed E-state index contributed by atoms with van der Waals surface area (Å²) < 4.78 is 51.4. The molecule has 4 rings (SSSR count). The number of amides is 1. The molecular weight excluding hydrogens is 561 g/mol. The van der Waals surface area contributed by atoms with Crippen molar-refractivity contribution in [3.8, 4) is 11.5 Å². The Bertz CT molecular complexity index is 1360. The van der Waals surface area contributed by atoms with E-state index in [1.54, 1.807) is 24.0 Å². The fourth-order valence-electron chi connectivity index (χ4n) is 6.28. The molecule has 2 aliphatic heterocycles. The number of likely N-dealkylation sites (tertiary alicyclic amines) is 1. The lowest BCUT2D eigenvalue weighted by Crippen LogP contribution is -2.48. The van der Waals surface area contributed by atoms with Gasteiger partial charge < -0.3 is 19.2 Å². The summed E-state index contributed by atoms with van der Waals surface area (Å²) in [6.07, 6.45) is 5.74. The molecule has 2 aromatic rings. The number of hydrogen-bond donors (Lipinski definition) is 1. The summed E-state index contributed by atoms with van der Waals surface area (Å²) >= 11 is 0. The van der Waals surface area contributed by atoms with Gasteiger partial charge in [0.25, 0.3) is 0 Å². The first-order valence-electron chi connectivity index (χ1n) is 14.7. The zero-order chi connectivity index (χ0) is 30.4. The summed E-state index contributed by atoms with van der Waals surface area (Å²) in [5.41, 5.74) is 2.01. The van der Waals surface area contributed by atoms with Crippen LogP contribution in [0.5, 0.6) is 11.5 Å². The van der Waals surface area contributed by atoms with Crippen LogP contribution < -0.4 is 19.1 Å². The van der Waals surface area contributed by atoms with Crippen LogP contribution in [0.3, 0.4) is 0 Å². The van der Waals surface area contributed by atoms with Gasteiger partial charge in [-0.2, -0.15) is 0 Å². The molecule has 0 aliphatic carbocycles. The standard InChI is InChI=1S/C31H42FN3O6S/c1-5-7-23(8-6-2)35(24-10-11-27(32)21(3)15-24)31(37)18-34-17-25(22-9-12-29-30(16-22)41-20-40-29)26(19-36)28(34)13-14-33-42(4,38)39/h9-12,15-16,19,23,25-26,28,33H,5-8,13-14,17-18,20H2,1-4H3/t25-,26-,28+/m1/s1. The Morgan fingerprint density at radius 3 is 2.50 bits per heavy atom. The molecule has 230 valence electrons. The summed E-state index contributed by atoms with van der Waals surface area (Å²) in [7, 11) is -3.43. The monoisotopic (exact) mass is 603 g/mol. The molecule has 9 nitrogen and oxygen atoms in total. The van der Waals surface area contributed by atoms with Gasteiger partial charge in [-0.15, -0.1) is 0 Å². The van der Waals surface area contributed by atoms with E-state index in [1.807, 2.05) is 23.1 Å². The van der Waals surface area contributed by atoms with Gasteiger partial charge in [0.05, 0.1) is 12.8 Å². The molecule has 3 atom stereocenters. The molecule has 2 aliphatic rings. The molecule has 0 unspecified atom stereocenters. The summed E-state index contributed by atoms with van der Waals surface area (Å²) in [4.78, 5) is 30.6. The number of benzene rings is 2. The number of sulfonamides is 1. The number of ether oxygens (including phenoxy) is 2. The van der Waals surface area contributed by atoms with Gasteiger partial charge in [-0.05, 0) is 67.6 Å². The summed E-state index contributed by atoms with van der Waals surface area (Å²) in [5.74, 6) is 0.0991. The number of nitrogens with zero attached hydrogens (tertiary/aromatic N) is 2. The summed E-state index contributed by atoms with van der Waals surface area (Å²) in [6, 6.07) is 9.96. The average Bonchev–Trinajstić information content (AvgIpc) is 3.54. The van der Waals surface area contributed by atoms with E-state index >= 15 is 0 Å². The minimum Gasteiger partial charge on any atom is -0.454 e. The number of aryl methyl sites for hydroxylation is 1. The van der Waals surface area contributed by atoms with Gasteiger partial charge in [0.2, 0.25) is 22.7 Å². The van der Waals surface area contributed by atoms with E-state index in [2.05, 4.69) is 18.6 Å². The van der Waals surface area contributed by atoms with E-state index in [0.29, 0.717) is 35.7 Å². The highest BCUT2D eigenvalue weighted by molar-refractivity contribution is 7.88. The molecule has 0 saturated carbocycles. The Labute approximate surface area is 248 Å². The molecule has 0 radical (unpaired) electrons. The quantitative estimate of drug-likeness (QED) is 0.320. The van der Waals surface area contributed by atoms with Crippen molar-refractivity contribution in [3.05, 3.63) is 53.3 Å². The third kappa shape index (κ3) is 7.48. The molecule has 42 heavy (non-hydrogen) atoms. The van der Waals surface area contributed by atoms with Crippen LogP contribution in [0, 0.1) is 18.7 Å². The maximum absolute atomic E-state index is 14.2. The third-order valence-corrected chi connectivity index (χ3v) is 8.96. The molecule has 2 aromatic carbocycles. The second-order valence-corrected chi connectivity index (χ2v) is 13.1. The second-order valence-electron chi connectivity index (χ2n) is 11.3. The van der Waals surface area contributed by atoms with Crippen LogP contribution >= 0.6 is 0 Å². The Balaban J connectivity index is 1.66. The van der Waals surface area contributed by atoms with Gasteiger partial charge in [0, 0.05) is 42.7 Å². The lowest BCUT2D eigenvalue weighted by molar-refractivity contribution is -0.121. The fourth-order valence-corrected chi connectivity index (χ4v) is 6.77. The van der Waals surface area contributed by atoms with Crippen LogP contribution in [0.1, 0.15) is 63.0 Å². The minimum absolute atomic E-state index is 0.0370. The van der Waals surface area contributed by atoms with Gasteiger partial charge in [-0.1, -0.05) is 32.8 Å². The highest BCUT2D eigenvalue weighted by atomic mass is 32.2. The van der Waals surface area contributed by atoms with Gasteiger partial charge >= 0.3 is 0 Å². The van der Waals surface area contributed by atoms with E-state index in [4.69, 9.17) is 9.47 Å². The van der Waals surface area contributed by atoms with Gasteiger partial charge in [-0.3, -0.25) is 9.69 Å². The predicted octanol–water partition coefficient (Wildman–Crippen LogP) is 4.39. The molecule has 1 fully saturated rings. The average molecular weight is 604 g/mol. The molecule has 1 N–H and O–H groups in total. The van der Waals surface area contributed by atoms with Crippen molar-refractivity contribution in [3.63, 3.8) is 0 Å². The van der Waals surface area contributed by atoms with Crippen LogP contribution in [0.15, 0.2) is 36.4 Å². The minimum atomic E-state index is -3.43. The number of halogens is 1. The Morgan fingerprint density at radius 2 is 1.86 bits per heavy atom. The molecular formula is C31H42FN3O6S. The zero-order valence-electron chi connectivity index (χ0n) is 24.8. The first-order valence-corrected chi connectivity index (χ1v) is 16.6. The van der Waals surface area contributed by atoms with Crippen molar-refractivity contribution in [2.75, 3.05) is 37.6 Å². The van der Waals surface area contributed by atoms with E-state index in [-0.39, 0.29) is 49.6 Å². The zero-order valence-corrected chi connectivity index (χ0v) is 25.7. The lowest BCUT2D eigenvalue weighted by atomic mass is 9.85. The van der Waals surface area contributed by atoms with Gasteiger partial charge in [0.1, 0.15) is 12.1 Å². The fraction of sp³-hybridized carbons (Fsp3) is 0.548. The van der Waals surface area contributed by atoms with E-state index < -0.39 is 15.9 Å². The number of aldehydes is 1. The number of rotatable bonds is 14. The Hall–Kier alpha value is -3.02. The molecule has 0 bridgehead atoms. The van der Waals surface area contributed by atoms with Crippen molar-refractivity contribution in [2.45, 2.75) is 70.9 Å². The van der Waals surface area contributed by atoms with Crippen molar-refractivity contribution in [1.82, 2.24) is 9.62 Å². The largest absolute Gasteiger partial charge is 0.454 e. The predicted molar refractivity (Wildman–Crippen MR) is 160 cm³/mol. The Morgan fingerprint density at radius 1 is 1.14 bits per heavy atom. The molecule has 1 amide bonds. The smallest absolute Gasteiger partial charge is 0.241 e. The SMILES string of the molecule is CCCC(CCC)N(C(=O)CN1C[C@H](c2ccc3c(c2)OCO3)[C@@H](C=O)[C@@H]1CCNS(C)(=O)=O)c1ccc(F)c(C)c1. The number of anilines is 1. The number of fused-ring (bicyclic) bond motifs is 1. The van der Waals surface area contributed by atoms with E-state index in [1.165, 1.54) is 6.07 Å². The lowest BCUT2D eigenvalue weighted by Gasteiger charge is -2.35. The van der Waals surface area contributed by atoms with Crippen LogP contribution in [-0.4, -0.2) is 70.3 Å². The molecule has 0 spiro atoms. The molecule has 11 heteroatoms. The van der Waals surface area contributed by atoms with Crippen LogP contribution in [0.25, 0.3) is 0 Å². The topological polar surface area (TPSA) is 105 Å². The van der Waals surface area contributed by atoms with Crippen molar-refractivity contribution in [2.24, 2.45) is 5.92 Å². The Kier molecular flexibility index (Phi) is 10.6. The van der Waals surface area contributed by atoms with Gasteiger partial charge in [0.15, 0.2) is 11.5 Å². The number of carbonyl (C=O) groups excluding carboxylic acids is 2.